The van der Waals surface area contributed by atoms with E-state index in [2.05, 4.69) is 25.5 Å². The lowest BCUT2D eigenvalue weighted by atomic mass is 10.2. The van der Waals surface area contributed by atoms with Crippen LogP contribution in [-0.4, -0.2) is 36.1 Å². The Labute approximate surface area is 169 Å². The maximum atomic E-state index is 12.4. The van der Waals surface area contributed by atoms with Gasteiger partial charge in [-0.1, -0.05) is 0 Å². The van der Waals surface area contributed by atoms with Crippen LogP contribution in [-0.2, 0) is 0 Å². The Morgan fingerprint density at radius 3 is 2.24 bits per heavy atom. The molecule has 1 amide bonds. The molecular formula is C22H23N5O2. The van der Waals surface area contributed by atoms with Gasteiger partial charge in [-0.3, -0.25) is 4.79 Å². The van der Waals surface area contributed by atoms with Gasteiger partial charge in [-0.2, -0.15) is 0 Å². The molecule has 0 saturated carbocycles. The van der Waals surface area contributed by atoms with Crippen LogP contribution in [0.4, 0.5) is 22.9 Å². The van der Waals surface area contributed by atoms with Crippen LogP contribution >= 0.6 is 0 Å². The van der Waals surface area contributed by atoms with Crippen LogP contribution in [0, 0.1) is 0 Å². The van der Waals surface area contributed by atoms with Crippen molar-refractivity contribution in [3.05, 3.63) is 66.6 Å². The summed E-state index contributed by atoms with van der Waals surface area (Å²) in [6.07, 6.45) is 5.47. The molecule has 3 aromatic rings. The van der Waals surface area contributed by atoms with Gasteiger partial charge >= 0.3 is 0 Å². The lowest BCUT2D eigenvalue weighted by Gasteiger charge is -2.17. The normalized spacial score (nSPS) is 13.2. The number of nitrogens with one attached hydrogen (secondary N) is 2. The number of hydrogen-bond acceptors (Lipinski definition) is 6. The Morgan fingerprint density at radius 1 is 0.931 bits per heavy atom. The standard InChI is InChI=1S/C22H23N5O2/c1-29-19-10-6-16(7-11-19)25-21-15-23-20(14-24-21)22(28)26-17-4-8-18(9-5-17)27-12-2-3-13-27/h4-11,14-15H,2-3,12-13H2,1H3,(H,24,25)(H,26,28). The predicted octanol–water partition coefficient (Wildman–Crippen LogP) is 4.08. The number of carbonyl (C=O) groups is 1. The zero-order valence-electron chi connectivity index (χ0n) is 16.3. The summed E-state index contributed by atoms with van der Waals surface area (Å²) in [5.41, 5.74) is 3.04. The summed E-state index contributed by atoms with van der Waals surface area (Å²) in [7, 11) is 1.62. The quantitative estimate of drug-likeness (QED) is 0.661. The topological polar surface area (TPSA) is 79.4 Å². The molecule has 1 aliphatic heterocycles. The molecule has 1 aliphatic rings. The number of amides is 1. The van der Waals surface area contributed by atoms with E-state index in [0.29, 0.717) is 5.82 Å². The molecule has 2 heterocycles. The largest absolute Gasteiger partial charge is 0.497 e. The fourth-order valence-corrected chi connectivity index (χ4v) is 3.26. The molecule has 7 heteroatoms. The third-order valence-corrected chi connectivity index (χ3v) is 4.84. The van der Waals surface area contributed by atoms with Crippen LogP contribution in [0.3, 0.4) is 0 Å². The minimum Gasteiger partial charge on any atom is -0.497 e. The van der Waals surface area contributed by atoms with E-state index in [1.54, 1.807) is 7.11 Å². The van der Waals surface area contributed by atoms with Crippen LogP contribution in [0.1, 0.15) is 23.3 Å². The van der Waals surface area contributed by atoms with Crippen LogP contribution in [0.25, 0.3) is 0 Å². The molecular weight excluding hydrogens is 366 g/mol. The molecule has 29 heavy (non-hydrogen) atoms. The lowest BCUT2D eigenvalue weighted by molar-refractivity contribution is 0.102. The van der Waals surface area contributed by atoms with E-state index in [4.69, 9.17) is 4.74 Å². The molecule has 0 spiro atoms. The van der Waals surface area contributed by atoms with Gasteiger partial charge in [0.1, 0.15) is 17.3 Å². The van der Waals surface area contributed by atoms with E-state index in [9.17, 15) is 4.79 Å². The van der Waals surface area contributed by atoms with Gasteiger partial charge in [-0.15, -0.1) is 0 Å². The number of hydrogen-bond donors (Lipinski definition) is 2. The predicted molar refractivity (Wildman–Crippen MR) is 114 cm³/mol. The summed E-state index contributed by atoms with van der Waals surface area (Å²) >= 11 is 0. The third-order valence-electron chi connectivity index (χ3n) is 4.84. The van der Waals surface area contributed by atoms with Crippen molar-refractivity contribution in [1.29, 1.82) is 0 Å². The first-order valence-corrected chi connectivity index (χ1v) is 9.61. The zero-order chi connectivity index (χ0) is 20.1. The third kappa shape index (κ3) is 4.63. The number of aromatic nitrogens is 2. The number of anilines is 4. The van der Waals surface area contributed by atoms with Gasteiger partial charge in [-0.25, -0.2) is 9.97 Å². The Balaban J connectivity index is 1.36. The van der Waals surface area contributed by atoms with Crippen LogP contribution in [0.5, 0.6) is 5.75 Å². The highest BCUT2D eigenvalue weighted by molar-refractivity contribution is 6.02. The molecule has 0 aliphatic carbocycles. The molecule has 7 nitrogen and oxygen atoms in total. The second-order valence-electron chi connectivity index (χ2n) is 6.84. The number of methoxy groups -OCH3 is 1. The van der Waals surface area contributed by atoms with E-state index in [0.717, 1.165) is 30.2 Å². The van der Waals surface area contributed by atoms with E-state index < -0.39 is 0 Å². The summed E-state index contributed by atoms with van der Waals surface area (Å²) < 4.78 is 5.14. The fraction of sp³-hybridized carbons (Fsp3) is 0.227. The van der Waals surface area contributed by atoms with Crippen LogP contribution in [0.15, 0.2) is 60.9 Å². The Kier molecular flexibility index (Phi) is 5.56. The van der Waals surface area contributed by atoms with Gasteiger partial charge in [0.05, 0.1) is 19.5 Å². The first-order chi connectivity index (χ1) is 14.2. The second-order valence-corrected chi connectivity index (χ2v) is 6.84. The van der Waals surface area contributed by atoms with Crippen molar-refractivity contribution in [3.63, 3.8) is 0 Å². The molecule has 4 rings (SSSR count). The molecule has 0 unspecified atom stereocenters. The van der Waals surface area contributed by atoms with Crippen molar-refractivity contribution in [2.45, 2.75) is 12.8 Å². The average molecular weight is 389 g/mol. The number of nitrogens with zero attached hydrogens (tertiary/aromatic N) is 3. The van der Waals surface area contributed by atoms with E-state index >= 15 is 0 Å². The molecule has 1 saturated heterocycles. The second kappa shape index (κ2) is 8.60. The van der Waals surface area contributed by atoms with Crippen molar-refractivity contribution in [2.75, 3.05) is 35.7 Å². The maximum absolute atomic E-state index is 12.4. The van der Waals surface area contributed by atoms with Gasteiger partial charge in [0.25, 0.3) is 5.91 Å². The molecule has 2 N–H and O–H groups in total. The van der Waals surface area contributed by atoms with Crippen molar-refractivity contribution in [3.8, 4) is 5.75 Å². The molecule has 0 bridgehead atoms. The highest BCUT2D eigenvalue weighted by atomic mass is 16.5. The molecule has 1 fully saturated rings. The number of carbonyl (C=O) groups excluding carboxylic acids is 1. The van der Waals surface area contributed by atoms with Crippen LogP contribution in [0.2, 0.25) is 0 Å². The van der Waals surface area contributed by atoms with Crippen molar-refractivity contribution < 1.29 is 9.53 Å². The van der Waals surface area contributed by atoms with Gasteiger partial charge in [0.2, 0.25) is 0 Å². The summed E-state index contributed by atoms with van der Waals surface area (Å²) in [4.78, 5) is 23.3. The molecule has 1 aromatic heterocycles. The summed E-state index contributed by atoms with van der Waals surface area (Å²) in [5, 5.41) is 6.00. The number of rotatable bonds is 6. The first kappa shape index (κ1) is 18.7. The Morgan fingerprint density at radius 2 is 1.62 bits per heavy atom. The monoisotopic (exact) mass is 389 g/mol. The van der Waals surface area contributed by atoms with Gasteiger partial charge < -0.3 is 20.3 Å². The minimum atomic E-state index is -0.289. The smallest absolute Gasteiger partial charge is 0.275 e. The Bertz CT molecular complexity index is 950. The number of benzene rings is 2. The van der Waals surface area contributed by atoms with Crippen LogP contribution < -0.4 is 20.3 Å². The van der Waals surface area contributed by atoms with Gasteiger partial charge in [0, 0.05) is 30.2 Å². The highest BCUT2D eigenvalue weighted by Gasteiger charge is 2.13. The zero-order valence-corrected chi connectivity index (χ0v) is 16.3. The van der Waals surface area contributed by atoms with E-state index in [1.807, 2.05) is 48.5 Å². The minimum absolute atomic E-state index is 0.258. The lowest BCUT2D eigenvalue weighted by Crippen LogP contribution is -2.18. The van der Waals surface area contributed by atoms with Gasteiger partial charge in [0.15, 0.2) is 0 Å². The summed E-state index contributed by atoms with van der Waals surface area (Å²) in [6, 6.07) is 15.4. The summed E-state index contributed by atoms with van der Waals surface area (Å²) in [5.74, 6) is 1.05. The van der Waals surface area contributed by atoms with E-state index in [1.165, 1.54) is 30.9 Å². The van der Waals surface area contributed by atoms with Crippen molar-refractivity contribution in [1.82, 2.24) is 9.97 Å². The SMILES string of the molecule is COc1ccc(Nc2cnc(C(=O)Nc3ccc(N4CCCC4)cc3)cn2)cc1. The molecule has 2 aromatic carbocycles. The van der Waals surface area contributed by atoms with E-state index in [-0.39, 0.29) is 11.6 Å². The number of ether oxygens (including phenoxy) is 1. The van der Waals surface area contributed by atoms with Crippen molar-refractivity contribution >= 4 is 28.8 Å². The first-order valence-electron chi connectivity index (χ1n) is 9.61. The summed E-state index contributed by atoms with van der Waals surface area (Å²) in [6.45, 7) is 2.19. The Hall–Kier alpha value is -3.61. The molecule has 148 valence electrons. The fourth-order valence-electron chi connectivity index (χ4n) is 3.26. The molecule has 0 atom stereocenters. The highest BCUT2D eigenvalue weighted by Crippen LogP contribution is 2.22. The molecule has 0 radical (unpaired) electrons. The van der Waals surface area contributed by atoms with Crippen molar-refractivity contribution in [2.24, 2.45) is 0 Å². The van der Waals surface area contributed by atoms with Gasteiger partial charge in [-0.05, 0) is 61.4 Å². The maximum Gasteiger partial charge on any atom is 0.275 e. The average Bonchev–Trinajstić information content (AvgIpc) is 3.30.